The molecule has 110 valence electrons. The highest BCUT2D eigenvalue weighted by atomic mass is 79.9. The molecular formula is C17H18BrFN2. The van der Waals surface area contributed by atoms with Gasteiger partial charge in [-0.2, -0.15) is 0 Å². The van der Waals surface area contributed by atoms with Crippen molar-refractivity contribution in [3.63, 3.8) is 0 Å². The Kier molecular flexibility index (Phi) is 4.56. The van der Waals surface area contributed by atoms with E-state index in [1.54, 1.807) is 12.1 Å². The van der Waals surface area contributed by atoms with Gasteiger partial charge in [0.2, 0.25) is 0 Å². The molecule has 0 bridgehead atoms. The van der Waals surface area contributed by atoms with Crippen molar-refractivity contribution in [2.24, 2.45) is 0 Å². The summed E-state index contributed by atoms with van der Waals surface area (Å²) in [6.45, 7) is 2.78. The van der Waals surface area contributed by atoms with Gasteiger partial charge in [0.05, 0.1) is 4.47 Å². The molecule has 1 heterocycles. The fourth-order valence-electron chi connectivity index (χ4n) is 2.75. The van der Waals surface area contributed by atoms with Crippen molar-refractivity contribution in [2.75, 3.05) is 24.5 Å². The molecule has 0 radical (unpaired) electrons. The zero-order chi connectivity index (χ0) is 14.7. The number of rotatable bonds is 2. The van der Waals surface area contributed by atoms with E-state index in [0.717, 1.165) is 31.7 Å². The van der Waals surface area contributed by atoms with Crippen molar-refractivity contribution < 1.29 is 4.39 Å². The van der Waals surface area contributed by atoms with Crippen LogP contribution in [-0.4, -0.2) is 19.6 Å². The lowest BCUT2D eigenvalue weighted by atomic mass is 10.1. The quantitative estimate of drug-likeness (QED) is 0.877. The van der Waals surface area contributed by atoms with Gasteiger partial charge in [-0.1, -0.05) is 30.3 Å². The topological polar surface area (TPSA) is 15.3 Å². The van der Waals surface area contributed by atoms with Gasteiger partial charge in [0.25, 0.3) is 0 Å². The summed E-state index contributed by atoms with van der Waals surface area (Å²) in [4.78, 5) is 2.26. The third-order valence-electron chi connectivity index (χ3n) is 3.87. The number of anilines is 1. The van der Waals surface area contributed by atoms with Gasteiger partial charge >= 0.3 is 0 Å². The van der Waals surface area contributed by atoms with Crippen LogP contribution in [0.3, 0.4) is 0 Å². The molecule has 1 fully saturated rings. The zero-order valence-corrected chi connectivity index (χ0v) is 13.3. The number of nitrogens with one attached hydrogen (secondary N) is 1. The molecule has 1 N–H and O–H groups in total. The summed E-state index contributed by atoms with van der Waals surface area (Å²) in [7, 11) is 0. The Morgan fingerprint density at radius 1 is 1.14 bits per heavy atom. The van der Waals surface area contributed by atoms with Crippen LogP contribution in [0.1, 0.15) is 18.0 Å². The van der Waals surface area contributed by atoms with E-state index in [-0.39, 0.29) is 11.9 Å². The Hall–Kier alpha value is -1.39. The molecule has 0 aliphatic carbocycles. The number of hydrogen-bond acceptors (Lipinski definition) is 2. The minimum atomic E-state index is -0.207. The molecule has 1 saturated heterocycles. The maximum atomic E-state index is 13.8. The normalized spacial score (nSPS) is 19.3. The Morgan fingerprint density at radius 3 is 2.71 bits per heavy atom. The summed E-state index contributed by atoms with van der Waals surface area (Å²) in [5.41, 5.74) is 2.22. The summed E-state index contributed by atoms with van der Waals surface area (Å²) < 4.78 is 14.3. The first-order valence-corrected chi connectivity index (χ1v) is 8.01. The van der Waals surface area contributed by atoms with Gasteiger partial charge in [-0.25, -0.2) is 4.39 Å². The van der Waals surface area contributed by atoms with Crippen LogP contribution in [-0.2, 0) is 0 Å². The van der Waals surface area contributed by atoms with Gasteiger partial charge in [0.15, 0.2) is 0 Å². The smallest absolute Gasteiger partial charge is 0.139 e. The van der Waals surface area contributed by atoms with Crippen molar-refractivity contribution >= 4 is 21.6 Å². The molecular weight excluding hydrogens is 331 g/mol. The lowest BCUT2D eigenvalue weighted by Crippen LogP contribution is -2.31. The molecule has 21 heavy (non-hydrogen) atoms. The zero-order valence-electron chi connectivity index (χ0n) is 11.7. The monoisotopic (exact) mass is 348 g/mol. The van der Waals surface area contributed by atoms with Crippen LogP contribution in [0.5, 0.6) is 0 Å². The van der Waals surface area contributed by atoms with Crippen LogP contribution in [0.4, 0.5) is 10.1 Å². The minimum absolute atomic E-state index is 0.207. The SMILES string of the molecule is Fc1cc(N2CCCNC(c3ccccc3)C2)ccc1Br. The van der Waals surface area contributed by atoms with Gasteiger partial charge in [-0.3, -0.25) is 0 Å². The van der Waals surface area contributed by atoms with E-state index in [9.17, 15) is 4.39 Å². The summed E-state index contributed by atoms with van der Waals surface area (Å²) in [5.74, 6) is -0.207. The lowest BCUT2D eigenvalue weighted by molar-refractivity contribution is 0.569. The van der Waals surface area contributed by atoms with Gasteiger partial charge < -0.3 is 10.2 Å². The van der Waals surface area contributed by atoms with Crippen molar-refractivity contribution in [1.29, 1.82) is 0 Å². The number of nitrogens with zero attached hydrogens (tertiary/aromatic N) is 1. The maximum Gasteiger partial charge on any atom is 0.139 e. The molecule has 1 unspecified atom stereocenters. The molecule has 3 rings (SSSR count). The maximum absolute atomic E-state index is 13.8. The van der Waals surface area contributed by atoms with Gasteiger partial charge in [0.1, 0.15) is 5.82 Å². The first kappa shape index (κ1) is 14.5. The second-order valence-electron chi connectivity index (χ2n) is 5.32. The van der Waals surface area contributed by atoms with Crippen LogP contribution in [0, 0.1) is 5.82 Å². The number of halogens is 2. The number of hydrogen-bond donors (Lipinski definition) is 1. The molecule has 0 amide bonds. The fourth-order valence-corrected chi connectivity index (χ4v) is 2.99. The van der Waals surface area contributed by atoms with E-state index in [1.165, 1.54) is 5.56 Å². The van der Waals surface area contributed by atoms with Crippen LogP contribution < -0.4 is 10.2 Å². The summed E-state index contributed by atoms with van der Waals surface area (Å²) in [6.07, 6.45) is 1.06. The second-order valence-corrected chi connectivity index (χ2v) is 6.17. The Balaban J connectivity index is 1.83. The van der Waals surface area contributed by atoms with Crippen LogP contribution in [0.2, 0.25) is 0 Å². The highest BCUT2D eigenvalue weighted by molar-refractivity contribution is 9.10. The van der Waals surface area contributed by atoms with E-state index >= 15 is 0 Å². The lowest BCUT2D eigenvalue weighted by Gasteiger charge is -2.27. The number of benzene rings is 2. The van der Waals surface area contributed by atoms with Crippen LogP contribution >= 0.6 is 15.9 Å². The van der Waals surface area contributed by atoms with Crippen molar-refractivity contribution in [1.82, 2.24) is 5.32 Å². The predicted molar refractivity (Wildman–Crippen MR) is 88.1 cm³/mol. The van der Waals surface area contributed by atoms with Crippen molar-refractivity contribution in [3.05, 3.63) is 64.4 Å². The third-order valence-corrected chi connectivity index (χ3v) is 4.51. The van der Waals surface area contributed by atoms with E-state index in [0.29, 0.717) is 4.47 Å². The largest absolute Gasteiger partial charge is 0.369 e. The molecule has 1 aliphatic heterocycles. The first-order chi connectivity index (χ1) is 10.2. The van der Waals surface area contributed by atoms with E-state index < -0.39 is 0 Å². The molecule has 4 heteroatoms. The highest BCUT2D eigenvalue weighted by Gasteiger charge is 2.19. The summed E-state index contributed by atoms with van der Waals surface area (Å²) in [5, 5.41) is 3.58. The molecule has 0 aromatic heterocycles. The molecule has 0 spiro atoms. The highest BCUT2D eigenvalue weighted by Crippen LogP contribution is 2.26. The standard InChI is InChI=1S/C17H18BrFN2/c18-15-8-7-14(11-16(15)19)21-10-4-9-20-17(12-21)13-5-2-1-3-6-13/h1-3,5-8,11,17,20H,4,9-10,12H2. The minimum Gasteiger partial charge on any atom is -0.369 e. The Bertz CT molecular complexity index is 603. The Labute approximate surface area is 133 Å². The molecule has 1 atom stereocenters. The molecule has 1 aliphatic rings. The van der Waals surface area contributed by atoms with Gasteiger partial charge in [-0.15, -0.1) is 0 Å². The van der Waals surface area contributed by atoms with Gasteiger partial charge in [-0.05, 0) is 52.7 Å². The van der Waals surface area contributed by atoms with Crippen molar-refractivity contribution in [3.8, 4) is 0 Å². The average Bonchev–Trinajstić information content (AvgIpc) is 2.77. The molecule has 2 aromatic carbocycles. The molecule has 2 aromatic rings. The van der Waals surface area contributed by atoms with E-state index in [4.69, 9.17) is 0 Å². The van der Waals surface area contributed by atoms with Crippen LogP contribution in [0.15, 0.2) is 53.0 Å². The Morgan fingerprint density at radius 2 is 1.95 bits per heavy atom. The van der Waals surface area contributed by atoms with Crippen LogP contribution in [0.25, 0.3) is 0 Å². The average molecular weight is 349 g/mol. The summed E-state index contributed by atoms with van der Waals surface area (Å²) >= 11 is 3.21. The first-order valence-electron chi connectivity index (χ1n) is 7.22. The van der Waals surface area contributed by atoms with Gasteiger partial charge in [0, 0.05) is 24.8 Å². The molecule has 2 nitrogen and oxygen atoms in total. The van der Waals surface area contributed by atoms with E-state index in [2.05, 4.69) is 50.4 Å². The third kappa shape index (κ3) is 3.44. The fraction of sp³-hybridized carbons (Fsp3) is 0.294. The second kappa shape index (κ2) is 6.58. The predicted octanol–water partition coefficient (Wildman–Crippen LogP) is 4.13. The molecule has 0 saturated carbocycles. The van der Waals surface area contributed by atoms with Crippen molar-refractivity contribution in [2.45, 2.75) is 12.5 Å². The summed E-state index contributed by atoms with van der Waals surface area (Å²) in [6, 6.07) is 16.1. The van der Waals surface area contributed by atoms with E-state index in [1.807, 2.05) is 12.1 Å².